The molecule has 1 aromatic rings. The number of aromatic nitrogens is 2. The van der Waals surface area contributed by atoms with E-state index in [1.54, 1.807) is 6.07 Å². The second kappa shape index (κ2) is 7.85. The van der Waals surface area contributed by atoms with Crippen molar-refractivity contribution in [3.8, 4) is 6.07 Å². The normalized spacial score (nSPS) is 10.1. The van der Waals surface area contributed by atoms with Gasteiger partial charge >= 0.3 is 0 Å². The molecule has 0 aromatic carbocycles. The Hall–Kier alpha value is -1.38. The first-order chi connectivity index (χ1) is 8.71. The number of nitriles is 1. The minimum absolute atomic E-state index is 0.347. The molecular formula is C12H17ClN4O. The van der Waals surface area contributed by atoms with E-state index in [4.69, 9.17) is 21.6 Å². The van der Waals surface area contributed by atoms with Crippen LogP contribution in [-0.4, -0.2) is 29.7 Å². The highest BCUT2D eigenvalue weighted by atomic mass is 35.5. The number of hydrogen-bond donors (Lipinski definition) is 0. The third kappa shape index (κ3) is 4.47. The monoisotopic (exact) mass is 268 g/mol. The fraction of sp³-hybridized carbons (Fsp3) is 0.583. The molecule has 0 saturated heterocycles. The second-order valence-electron chi connectivity index (χ2n) is 3.59. The van der Waals surface area contributed by atoms with Gasteiger partial charge in [-0.15, -0.1) is 0 Å². The first kappa shape index (κ1) is 14.7. The van der Waals surface area contributed by atoms with Crippen LogP contribution in [0.1, 0.15) is 26.1 Å². The summed E-state index contributed by atoms with van der Waals surface area (Å²) in [7, 11) is 0. The summed E-state index contributed by atoms with van der Waals surface area (Å²) in [6.45, 7) is 6.28. The van der Waals surface area contributed by atoms with Crippen LogP contribution in [0.4, 0.5) is 5.82 Å². The van der Waals surface area contributed by atoms with Crippen molar-refractivity contribution in [1.29, 1.82) is 5.26 Å². The molecule has 0 aliphatic carbocycles. The molecule has 0 spiro atoms. The first-order valence-corrected chi connectivity index (χ1v) is 6.32. The van der Waals surface area contributed by atoms with Crippen LogP contribution in [0.25, 0.3) is 0 Å². The van der Waals surface area contributed by atoms with Crippen LogP contribution in [0.2, 0.25) is 5.15 Å². The van der Waals surface area contributed by atoms with E-state index in [1.165, 1.54) is 0 Å². The van der Waals surface area contributed by atoms with Gasteiger partial charge in [0.15, 0.2) is 5.82 Å². The third-order valence-corrected chi connectivity index (χ3v) is 2.56. The van der Waals surface area contributed by atoms with Crippen molar-refractivity contribution in [2.45, 2.75) is 26.9 Å². The third-order valence-electron chi connectivity index (χ3n) is 2.36. The Bertz CT molecular complexity index is 419. The van der Waals surface area contributed by atoms with E-state index in [0.29, 0.717) is 37.2 Å². The van der Waals surface area contributed by atoms with Gasteiger partial charge in [0.2, 0.25) is 0 Å². The second-order valence-corrected chi connectivity index (χ2v) is 3.98. The van der Waals surface area contributed by atoms with E-state index < -0.39 is 0 Å². The summed E-state index contributed by atoms with van der Waals surface area (Å²) in [6.07, 6.45) is 0.455. The lowest BCUT2D eigenvalue weighted by Crippen LogP contribution is -2.25. The Labute approximate surface area is 112 Å². The first-order valence-electron chi connectivity index (χ1n) is 5.94. The number of rotatable bonds is 7. The maximum Gasteiger partial charge on any atom is 0.158 e. The van der Waals surface area contributed by atoms with Crippen LogP contribution in [0.5, 0.6) is 0 Å². The van der Waals surface area contributed by atoms with Crippen molar-refractivity contribution in [3.05, 3.63) is 17.0 Å². The summed E-state index contributed by atoms with van der Waals surface area (Å²) in [5, 5.41) is 9.02. The van der Waals surface area contributed by atoms with E-state index >= 15 is 0 Å². The molecule has 0 aliphatic heterocycles. The van der Waals surface area contributed by atoms with Crippen LogP contribution in [0.15, 0.2) is 6.07 Å². The van der Waals surface area contributed by atoms with Gasteiger partial charge in [0.05, 0.1) is 12.5 Å². The maximum absolute atomic E-state index is 8.63. The van der Waals surface area contributed by atoms with Gasteiger partial charge in [-0.3, -0.25) is 0 Å². The van der Waals surface area contributed by atoms with Gasteiger partial charge in [0.1, 0.15) is 17.6 Å². The van der Waals surface area contributed by atoms with Crippen molar-refractivity contribution in [2.75, 3.05) is 24.6 Å². The summed E-state index contributed by atoms with van der Waals surface area (Å²) in [4.78, 5) is 10.5. The van der Waals surface area contributed by atoms with Crippen LogP contribution in [0.3, 0.4) is 0 Å². The van der Waals surface area contributed by atoms with Crippen molar-refractivity contribution >= 4 is 17.4 Å². The molecule has 0 radical (unpaired) electrons. The van der Waals surface area contributed by atoms with Crippen LogP contribution in [0, 0.1) is 11.3 Å². The standard InChI is InChI=1S/C12H17ClN4O/c1-3-17(7-5-6-14)12-8-10(13)15-11(16-12)9-18-4-2/h8H,3-5,7,9H2,1-2H3. The van der Waals surface area contributed by atoms with Gasteiger partial charge in [0.25, 0.3) is 0 Å². The van der Waals surface area contributed by atoms with Gasteiger partial charge in [0, 0.05) is 25.8 Å². The van der Waals surface area contributed by atoms with E-state index in [9.17, 15) is 0 Å². The number of halogens is 1. The molecule has 1 rings (SSSR count). The van der Waals surface area contributed by atoms with Crippen molar-refractivity contribution in [2.24, 2.45) is 0 Å². The molecule has 0 aliphatic rings. The molecule has 98 valence electrons. The van der Waals surface area contributed by atoms with Crippen LogP contribution in [-0.2, 0) is 11.3 Å². The minimum Gasteiger partial charge on any atom is -0.374 e. The lowest BCUT2D eigenvalue weighted by Gasteiger charge is -2.21. The number of anilines is 1. The fourth-order valence-electron chi connectivity index (χ4n) is 1.49. The summed E-state index contributed by atoms with van der Waals surface area (Å²) in [6, 6.07) is 3.83. The van der Waals surface area contributed by atoms with Crippen LogP contribution >= 0.6 is 11.6 Å². The zero-order valence-corrected chi connectivity index (χ0v) is 11.4. The number of hydrogen-bond acceptors (Lipinski definition) is 5. The average Bonchev–Trinajstić information content (AvgIpc) is 2.37. The molecule has 5 nitrogen and oxygen atoms in total. The Morgan fingerprint density at radius 2 is 2.22 bits per heavy atom. The van der Waals surface area contributed by atoms with Crippen molar-refractivity contribution in [3.63, 3.8) is 0 Å². The minimum atomic E-state index is 0.347. The molecule has 6 heteroatoms. The molecule has 0 N–H and O–H groups in total. The van der Waals surface area contributed by atoms with Gasteiger partial charge in [-0.25, -0.2) is 9.97 Å². The summed E-state index contributed by atoms with van der Waals surface area (Å²) in [5.74, 6) is 1.30. The van der Waals surface area contributed by atoms with E-state index in [2.05, 4.69) is 16.0 Å². The highest BCUT2D eigenvalue weighted by Crippen LogP contribution is 2.16. The SMILES string of the molecule is CCOCc1nc(Cl)cc(N(CC)CCC#N)n1. The fourth-order valence-corrected chi connectivity index (χ4v) is 1.69. The van der Waals surface area contributed by atoms with E-state index in [-0.39, 0.29) is 0 Å². The Morgan fingerprint density at radius 3 is 2.83 bits per heavy atom. The highest BCUT2D eigenvalue weighted by molar-refractivity contribution is 6.29. The van der Waals surface area contributed by atoms with E-state index in [1.807, 2.05) is 18.7 Å². The Kier molecular flexibility index (Phi) is 6.40. The summed E-state index contributed by atoms with van der Waals surface area (Å²) < 4.78 is 5.27. The molecule has 0 amide bonds. The molecule has 0 saturated carbocycles. The maximum atomic E-state index is 8.63. The van der Waals surface area contributed by atoms with Gasteiger partial charge in [-0.1, -0.05) is 11.6 Å². The zero-order valence-electron chi connectivity index (χ0n) is 10.7. The average molecular weight is 269 g/mol. The molecule has 18 heavy (non-hydrogen) atoms. The topological polar surface area (TPSA) is 62.0 Å². The Balaban J connectivity index is 2.85. The smallest absolute Gasteiger partial charge is 0.158 e. The summed E-state index contributed by atoms with van der Waals surface area (Å²) >= 11 is 5.97. The van der Waals surface area contributed by atoms with Crippen LogP contribution < -0.4 is 4.90 Å². The summed E-state index contributed by atoms with van der Waals surface area (Å²) in [5.41, 5.74) is 0. The number of nitrogens with zero attached hydrogens (tertiary/aromatic N) is 4. The molecule has 1 heterocycles. The molecule has 0 fully saturated rings. The molecular weight excluding hydrogens is 252 g/mol. The van der Waals surface area contributed by atoms with E-state index in [0.717, 1.165) is 12.4 Å². The predicted octanol–water partition coefficient (Wildman–Crippen LogP) is 2.41. The Morgan fingerprint density at radius 1 is 1.44 bits per heavy atom. The quantitative estimate of drug-likeness (QED) is 0.711. The van der Waals surface area contributed by atoms with Crippen molar-refractivity contribution in [1.82, 2.24) is 9.97 Å². The van der Waals surface area contributed by atoms with Crippen molar-refractivity contribution < 1.29 is 4.74 Å². The zero-order chi connectivity index (χ0) is 13.4. The molecule has 0 atom stereocenters. The van der Waals surface area contributed by atoms with Gasteiger partial charge in [-0.2, -0.15) is 5.26 Å². The lowest BCUT2D eigenvalue weighted by atomic mass is 10.4. The number of ether oxygens (including phenoxy) is 1. The van der Waals surface area contributed by atoms with Gasteiger partial charge < -0.3 is 9.64 Å². The lowest BCUT2D eigenvalue weighted by molar-refractivity contribution is 0.128. The largest absolute Gasteiger partial charge is 0.374 e. The van der Waals surface area contributed by atoms with Gasteiger partial charge in [-0.05, 0) is 13.8 Å². The highest BCUT2D eigenvalue weighted by Gasteiger charge is 2.09. The predicted molar refractivity (Wildman–Crippen MR) is 70.5 cm³/mol. The molecule has 1 aromatic heterocycles. The molecule has 0 bridgehead atoms. The molecule has 0 unspecified atom stereocenters.